The van der Waals surface area contributed by atoms with Gasteiger partial charge in [0.1, 0.15) is 6.04 Å². The zero-order valence-corrected chi connectivity index (χ0v) is 15.8. The molecular weight excluding hydrogens is 362 g/mol. The van der Waals surface area contributed by atoms with Crippen molar-refractivity contribution in [2.45, 2.75) is 46.7 Å². The molecule has 0 saturated heterocycles. The molecule has 23 heavy (non-hydrogen) atoms. The van der Waals surface area contributed by atoms with E-state index in [-0.39, 0.29) is 5.92 Å². The van der Waals surface area contributed by atoms with Gasteiger partial charge in [-0.25, -0.2) is 0 Å². The standard InChI is InChI=1S/C17H26BrNO4/c1-5-7-23-16-13(18)8-12(9-14(16)22-6-2)10-19-15(11(3)4)17(20)21/h8-9,11,15,19H,5-7,10H2,1-4H3,(H,20,21). The highest BCUT2D eigenvalue weighted by atomic mass is 79.9. The number of ether oxygens (including phenoxy) is 2. The molecule has 1 aromatic rings. The Balaban J connectivity index is 2.93. The Labute approximate surface area is 146 Å². The molecule has 1 unspecified atom stereocenters. The highest BCUT2D eigenvalue weighted by molar-refractivity contribution is 9.10. The van der Waals surface area contributed by atoms with Crippen LogP contribution in [0.1, 0.15) is 39.7 Å². The summed E-state index contributed by atoms with van der Waals surface area (Å²) in [6, 6.07) is 3.24. The van der Waals surface area contributed by atoms with Crippen molar-refractivity contribution in [3.8, 4) is 11.5 Å². The maximum absolute atomic E-state index is 11.3. The summed E-state index contributed by atoms with van der Waals surface area (Å²) in [6.45, 7) is 9.33. The third-order valence-electron chi connectivity index (χ3n) is 3.28. The van der Waals surface area contributed by atoms with Crippen LogP contribution in [0, 0.1) is 5.92 Å². The second-order valence-electron chi connectivity index (χ2n) is 5.63. The molecule has 1 rings (SSSR count). The zero-order valence-electron chi connectivity index (χ0n) is 14.2. The normalized spacial score (nSPS) is 12.3. The molecule has 0 spiro atoms. The van der Waals surface area contributed by atoms with Gasteiger partial charge in [-0.1, -0.05) is 20.8 Å². The number of hydrogen-bond donors (Lipinski definition) is 2. The van der Waals surface area contributed by atoms with E-state index >= 15 is 0 Å². The molecule has 1 atom stereocenters. The van der Waals surface area contributed by atoms with Gasteiger partial charge in [-0.2, -0.15) is 0 Å². The number of carboxylic acid groups (broad SMARTS) is 1. The molecule has 0 aromatic heterocycles. The number of halogens is 1. The van der Waals surface area contributed by atoms with Crippen LogP contribution in [0.15, 0.2) is 16.6 Å². The molecular formula is C17H26BrNO4. The summed E-state index contributed by atoms with van der Waals surface area (Å²) in [5.41, 5.74) is 0.941. The number of nitrogens with one attached hydrogen (secondary N) is 1. The van der Waals surface area contributed by atoms with Crippen molar-refractivity contribution in [1.29, 1.82) is 0 Å². The zero-order chi connectivity index (χ0) is 17.4. The molecule has 130 valence electrons. The molecule has 5 nitrogen and oxygen atoms in total. The molecule has 0 aliphatic rings. The summed E-state index contributed by atoms with van der Waals surface area (Å²) >= 11 is 3.51. The van der Waals surface area contributed by atoms with E-state index in [0.717, 1.165) is 16.5 Å². The Morgan fingerprint density at radius 1 is 1.30 bits per heavy atom. The first kappa shape index (κ1) is 19.8. The van der Waals surface area contributed by atoms with E-state index in [1.807, 2.05) is 39.8 Å². The van der Waals surface area contributed by atoms with Gasteiger partial charge in [-0.3, -0.25) is 4.79 Å². The number of carboxylic acids is 1. The van der Waals surface area contributed by atoms with Gasteiger partial charge in [0, 0.05) is 6.54 Å². The number of aliphatic carboxylic acids is 1. The van der Waals surface area contributed by atoms with E-state index in [2.05, 4.69) is 21.2 Å². The highest BCUT2D eigenvalue weighted by Gasteiger charge is 2.21. The average molecular weight is 388 g/mol. The SMILES string of the molecule is CCCOc1c(Br)cc(CNC(C(=O)O)C(C)C)cc1OCC. The van der Waals surface area contributed by atoms with E-state index in [1.54, 1.807) is 0 Å². The lowest BCUT2D eigenvalue weighted by atomic mass is 10.0. The predicted octanol–water partition coefficient (Wildman–Crippen LogP) is 3.84. The molecule has 0 saturated carbocycles. The van der Waals surface area contributed by atoms with E-state index in [9.17, 15) is 9.90 Å². The quantitative estimate of drug-likeness (QED) is 0.638. The first-order valence-corrected chi connectivity index (χ1v) is 8.74. The first-order chi connectivity index (χ1) is 10.9. The number of benzene rings is 1. The van der Waals surface area contributed by atoms with Gasteiger partial charge in [0.15, 0.2) is 11.5 Å². The Kier molecular flexibility index (Phi) is 8.41. The summed E-state index contributed by atoms with van der Waals surface area (Å²) in [7, 11) is 0. The van der Waals surface area contributed by atoms with Crippen LogP contribution < -0.4 is 14.8 Å². The van der Waals surface area contributed by atoms with Gasteiger partial charge >= 0.3 is 5.97 Å². The lowest BCUT2D eigenvalue weighted by molar-refractivity contribution is -0.140. The number of rotatable bonds is 10. The molecule has 0 heterocycles. The third-order valence-corrected chi connectivity index (χ3v) is 3.87. The summed E-state index contributed by atoms with van der Waals surface area (Å²) in [6.07, 6.45) is 0.913. The molecule has 1 aromatic carbocycles. The molecule has 0 aliphatic carbocycles. The van der Waals surface area contributed by atoms with Crippen molar-refractivity contribution in [3.63, 3.8) is 0 Å². The van der Waals surface area contributed by atoms with Crippen molar-refractivity contribution in [1.82, 2.24) is 5.32 Å². The molecule has 0 amide bonds. The van der Waals surface area contributed by atoms with Crippen LogP contribution >= 0.6 is 15.9 Å². The van der Waals surface area contributed by atoms with Crippen molar-refractivity contribution in [3.05, 3.63) is 22.2 Å². The second-order valence-corrected chi connectivity index (χ2v) is 6.48. The van der Waals surface area contributed by atoms with Crippen molar-refractivity contribution in [2.75, 3.05) is 13.2 Å². The monoisotopic (exact) mass is 387 g/mol. The maximum atomic E-state index is 11.3. The third kappa shape index (κ3) is 6.03. The molecule has 0 bridgehead atoms. The van der Waals surface area contributed by atoms with E-state index in [4.69, 9.17) is 9.47 Å². The molecule has 0 radical (unpaired) electrons. The lowest BCUT2D eigenvalue weighted by Gasteiger charge is -2.19. The van der Waals surface area contributed by atoms with Gasteiger partial charge < -0.3 is 19.9 Å². The maximum Gasteiger partial charge on any atom is 0.320 e. The van der Waals surface area contributed by atoms with Crippen molar-refractivity contribution >= 4 is 21.9 Å². The predicted molar refractivity (Wildman–Crippen MR) is 94.2 cm³/mol. The van der Waals surface area contributed by atoms with Gasteiger partial charge in [-0.15, -0.1) is 0 Å². The van der Waals surface area contributed by atoms with Crippen LogP contribution in [0.3, 0.4) is 0 Å². The van der Waals surface area contributed by atoms with Gasteiger partial charge in [0.2, 0.25) is 0 Å². The van der Waals surface area contributed by atoms with Crippen LogP contribution in [0.25, 0.3) is 0 Å². The van der Waals surface area contributed by atoms with Crippen LogP contribution in [0.4, 0.5) is 0 Å². The number of hydrogen-bond acceptors (Lipinski definition) is 4. The number of carbonyl (C=O) groups is 1. The Morgan fingerprint density at radius 3 is 2.52 bits per heavy atom. The van der Waals surface area contributed by atoms with Crippen LogP contribution in [0.5, 0.6) is 11.5 Å². The van der Waals surface area contributed by atoms with Crippen LogP contribution in [0.2, 0.25) is 0 Å². The summed E-state index contributed by atoms with van der Waals surface area (Å²) < 4.78 is 12.2. The molecule has 6 heteroatoms. The fourth-order valence-corrected chi connectivity index (χ4v) is 2.77. The summed E-state index contributed by atoms with van der Waals surface area (Å²) in [5, 5.41) is 12.3. The van der Waals surface area contributed by atoms with E-state index < -0.39 is 12.0 Å². The topological polar surface area (TPSA) is 67.8 Å². The Hall–Kier alpha value is -1.27. The minimum atomic E-state index is -0.841. The van der Waals surface area contributed by atoms with Crippen molar-refractivity contribution < 1.29 is 19.4 Å². The molecule has 0 fully saturated rings. The average Bonchev–Trinajstić information content (AvgIpc) is 2.46. The minimum Gasteiger partial charge on any atom is -0.490 e. The largest absolute Gasteiger partial charge is 0.490 e. The highest BCUT2D eigenvalue weighted by Crippen LogP contribution is 2.37. The van der Waals surface area contributed by atoms with Gasteiger partial charge in [0.25, 0.3) is 0 Å². The van der Waals surface area contributed by atoms with Crippen LogP contribution in [-0.4, -0.2) is 30.3 Å². The fourth-order valence-electron chi connectivity index (χ4n) is 2.17. The van der Waals surface area contributed by atoms with E-state index in [1.165, 1.54) is 0 Å². The second kappa shape index (κ2) is 9.78. The van der Waals surface area contributed by atoms with E-state index in [0.29, 0.717) is 31.3 Å². The van der Waals surface area contributed by atoms with Gasteiger partial charge in [0.05, 0.1) is 17.7 Å². The lowest BCUT2D eigenvalue weighted by Crippen LogP contribution is -2.40. The smallest absolute Gasteiger partial charge is 0.320 e. The fraction of sp³-hybridized carbons (Fsp3) is 0.588. The molecule has 2 N–H and O–H groups in total. The summed E-state index contributed by atoms with van der Waals surface area (Å²) in [4.78, 5) is 11.3. The Bertz CT molecular complexity index is 520. The first-order valence-electron chi connectivity index (χ1n) is 7.94. The van der Waals surface area contributed by atoms with Crippen LogP contribution in [-0.2, 0) is 11.3 Å². The summed E-state index contributed by atoms with van der Waals surface area (Å²) in [5.74, 6) is 0.529. The Morgan fingerprint density at radius 2 is 2.00 bits per heavy atom. The minimum absolute atomic E-state index is 0.00876. The van der Waals surface area contributed by atoms with Crippen molar-refractivity contribution in [2.24, 2.45) is 5.92 Å². The molecule has 0 aliphatic heterocycles. The van der Waals surface area contributed by atoms with Gasteiger partial charge in [-0.05, 0) is 52.9 Å².